The lowest BCUT2D eigenvalue weighted by Gasteiger charge is -2.35. The van der Waals surface area contributed by atoms with E-state index in [4.69, 9.17) is 0 Å². The van der Waals surface area contributed by atoms with Gasteiger partial charge in [-0.15, -0.1) is 0 Å². The Hall–Kier alpha value is -1.60. The van der Waals surface area contributed by atoms with Gasteiger partial charge in [-0.25, -0.2) is 0 Å². The normalized spacial score (nSPS) is 18.0. The Morgan fingerprint density at radius 1 is 1.27 bits per heavy atom. The summed E-state index contributed by atoms with van der Waals surface area (Å²) in [6.45, 7) is 3.15. The van der Waals surface area contributed by atoms with Gasteiger partial charge in [-0.2, -0.15) is 13.2 Å². The van der Waals surface area contributed by atoms with Crippen LogP contribution < -0.4 is 10.6 Å². The summed E-state index contributed by atoms with van der Waals surface area (Å²) in [6.07, 6.45) is -4.36. The second-order valence-electron chi connectivity index (χ2n) is 5.42. The van der Waals surface area contributed by atoms with Gasteiger partial charge in [0.2, 0.25) is 0 Å². The summed E-state index contributed by atoms with van der Waals surface area (Å²) in [6, 6.07) is 5.08. The van der Waals surface area contributed by atoms with E-state index in [1.165, 1.54) is 4.90 Å². The molecule has 1 unspecified atom stereocenters. The summed E-state index contributed by atoms with van der Waals surface area (Å²) in [5.74, 6) is -0.482. The van der Waals surface area contributed by atoms with Crippen molar-refractivity contribution in [2.45, 2.75) is 19.1 Å². The number of nitrogens with zero attached hydrogens (tertiary/aromatic N) is 1. The Labute approximate surface area is 127 Å². The van der Waals surface area contributed by atoms with Crippen LogP contribution >= 0.6 is 0 Å². The van der Waals surface area contributed by atoms with Crippen LogP contribution in [0.2, 0.25) is 0 Å². The number of benzene rings is 1. The van der Waals surface area contributed by atoms with Crippen LogP contribution in [0, 0.1) is 6.92 Å². The molecule has 2 N–H and O–H groups in total. The van der Waals surface area contributed by atoms with E-state index in [1.807, 2.05) is 6.92 Å². The van der Waals surface area contributed by atoms with Crippen molar-refractivity contribution >= 4 is 5.91 Å². The average molecular weight is 315 g/mol. The average Bonchev–Trinajstić information content (AvgIpc) is 2.47. The quantitative estimate of drug-likeness (QED) is 0.886. The summed E-state index contributed by atoms with van der Waals surface area (Å²) in [5, 5.41) is 5.42. The Morgan fingerprint density at radius 2 is 1.86 bits per heavy atom. The topological polar surface area (TPSA) is 44.4 Å². The van der Waals surface area contributed by atoms with Crippen LogP contribution in [0.4, 0.5) is 13.2 Å². The second-order valence-corrected chi connectivity index (χ2v) is 5.42. The van der Waals surface area contributed by atoms with Crippen molar-refractivity contribution in [2.24, 2.45) is 0 Å². The largest absolute Gasteiger partial charge is 0.405 e. The highest BCUT2D eigenvalue weighted by atomic mass is 19.4. The maximum Gasteiger partial charge on any atom is 0.405 e. The molecule has 1 saturated heterocycles. The maximum absolute atomic E-state index is 13.2. The van der Waals surface area contributed by atoms with Crippen LogP contribution in [0.1, 0.15) is 15.9 Å². The molecule has 1 aliphatic heterocycles. The molecule has 2 rings (SSSR count). The number of halogens is 3. The highest BCUT2D eigenvalue weighted by molar-refractivity contribution is 5.94. The van der Waals surface area contributed by atoms with Crippen LogP contribution in [0.25, 0.3) is 0 Å². The smallest absolute Gasteiger partial charge is 0.350 e. The van der Waals surface area contributed by atoms with Gasteiger partial charge >= 0.3 is 6.18 Å². The lowest BCUT2D eigenvalue weighted by atomic mass is 10.1. The van der Waals surface area contributed by atoms with Gasteiger partial charge in [0.25, 0.3) is 5.91 Å². The van der Waals surface area contributed by atoms with Crippen LogP contribution in [-0.2, 0) is 0 Å². The van der Waals surface area contributed by atoms with E-state index in [9.17, 15) is 18.0 Å². The molecule has 0 aliphatic carbocycles. The first-order chi connectivity index (χ1) is 10.4. The predicted molar refractivity (Wildman–Crippen MR) is 77.8 cm³/mol. The minimum absolute atomic E-state index is 0.324. The predicted octanol–water partition coefficient (Wildman–Crippen LogP) is 1.56. The zero-order chi connectivity index (χ0) is 16.2. The summed E-state index contributed by atoms with van der Waals surface area (Å²) in [4.78, 5) is 13.3. The highest BCUT2D eigenvalue weighted by Gasteiger charge is 2.43. The minimum atomic E-state index is -4.36. The second kappa shape index (κ2) is 7.11. The third-order valence-electron chi connectivity index (χ3n) is 3.74. The number of nitrogens with one attached hydrogen (secondary N) is 2. The molecular formula is C15H20F3N3O. The molecule has 0 radical (unpaired) electrons. The zero-order valence-electron chi connectivity index (χ0n) is 12.4. The molecule has 0 bridgehead atoms. The lowest BCUT2D eigenvalue weighted by Crippen LogP contribution is -2.57. The van der Waals surface area contributed by atoms with Crippen molar-refractivity contribution in [3.8, 4) is 0 Å². The summed E-state index contributed by atoms with van der Waals surface area (Å²) in [5.41, 5.74) is 1.36. The van der Waals surface area contributed by atoms with Gasteiger partial charge in [0.15, 0.2) is 0 Å². The van der Waals surface area contributed by atoms with Crippen molar-refractivity contribution < 1.29 is 18.0 Å². The Morgan fingerprint density at radius 3 is 2.41 bits per heavy atom. The molecule has 1 aromatic rings. The van der Waals surface area contributed by atoms with E-state index in [0.717, 1.165) is 5.56 Å². The van der Waals surface area contributed by atoms with Crippen LogP contribution in [-0.4, -0.2) is 55.7 Å². The van der Waals surface area contributed by atoms with Crippen molar-refractivity contribution in [1.82, 2.24) is 15.5 Å². The molecule has 1 heterocycles. The molecule has 1 aromatic carbocycles. The van der Waals surface area contributed by atoms with E-state index < -0.39 is 24.7 Å². The van der Waals surface area contributed by atoms with Gasteiger partial charge in [0.05, 0.1) is 0 Å². The molecule has 0 aromatic heterocycles. The monoisotopic (exact) mass is 315 g/mol. The fourth-order valence-electron chi connectivity index (χ4n) is 2.44. The van der Waals surface area contributed by atoms with Crippen molar-refractivity contribution in [2.75, 3.05) is 32.7 Å². The van der Waals surface area contributed by atoms with Crippen molar-refractivity contribution in [3.63, 3.8) is 0 Å². The standard InChI is InChI=1S/C15H20F3N3O/c1-11-2-4-12(5-3-11)14(22)20-10-13(15(16,17)18)21-8-6-19-7-9-21/h2-5,13,19H,6-10H2,1H3,(H,20,22). The molecule has 22 heavy (non-hydrogen) atoms. The molecule has 1 atom stereocenters. The van der Waals surface area contributed by atoms with Gasteiger partial charge in [-0.05, 0) is 19.1 Å². The van der Waals surface area contributed by atoms with Gasteiger partial charge < -0.3 is 10.6 Å². The first kappa shape index (κ1) is 16.8. The van der Waals surface area contributed by atoms with Gasteiger partial charge in [0.1, 0.15) is 6.04 Å². The Kier molecular flexibility index (Phi) is 5.42. The van der Waals surface area contributed by atoms with Gasteiger partial charge in [-0.3, -0.25) is 9.69 Å². The van der Waals surface area contributed by atoms with E-state index in [0.29, 0.717) is 31.7 Å². The first-order valence-electron chi connectivity index (χ1n) is 7.24. The summed E-state index contributed by atoms with van der Waals surface area (Å²) >= 11 is 0. The molecule has 4 nitrogen and oxygen atoms in total. The number of alkyl halides is 3. The van der Waals surface area contributed by atoms with Crippen molar-refractivity contribution in [1.29, 1.82) is 0 Å². The SMILES string of the molecule is Cc1ccc(C(=O)NCC(N2CCNCC2)C(F)(F)F)cc1. The van der Waals surface area contributed by atoms with E-state index in [-0.39, 0.29) is 0 Å². The number of hydrogen-bond donors (Lipinski definition) is 2. The van der Waals surface area contributed by atoms with Crippen LogP contribution in [0.5, 0.6) is 0 Å². The van der Waals surface area contributed by atoms with E-state index in [2.05, 4.69) is 10.6 Å². The number of aryl methyl sites for hydroxylation is 1. The minimum Gasteiger partial charge on any atom is -0.350 e. The van der Waals surface area contributed by atoms with Gasteiger partial charge in [0, 0.05) is 38.3 Å². The Balaban J connectivity index is 1.98. The fourth-order valence-corrected chi connectivity index (χ4v) is 2.44. The summed E-state index contributed by atoms with van der Waals surface area (Å²) < 4.78 is 39.6. The third-order valence-corrected chi connectivity index (χ3v) is 3.74. The lowest BCUT2D eigenvalue weighted by molar-refractivity contribution is -0.183. The molecule has 0 saturated carbocycles. The fraction of sp³-hybridized carbons (Fsp3) is 0.533. The van der Waals surface area contributed by atoms with Crippen LogP contribution in [0.3, 0.4) is 0 Å². The first-order valence-corrected chi connectivity index (χ1v) is 7.24. The maximum atomic E-state index is 13.2. The summed E-state index contributed by atoms with van der Waals surface area (Å²) in [7, 11) is 0. The molecule has 1 aliphatic rings. The molecular weight excluding hydrogens is 295 g/mol. The Bertz CT molecular complexity index is 496. The van der Waals surface area contributed by atoms with E-state index >= 15 is 0 Å². The number of hydrogen-bond acceptors (Lipinski definition) is 3. The number of carbonyl (C=O) groups excluding carboxylic acids is 1. The molecule has 0 spiro atoms. The molecule has 122 valence electrons. The van der Waals surface area contributed by atoms with Gasteiger partial charge in [-0.1, -0.05) is 17.7 Å². The zero-order valence-corrected chi connectivity index (χ0v) is 12.4. The molecule has 1 amide bonds. The highest BCUT2D eigenvalue weighted by Crippen LogP contribution is 2.24. The number of rotatable bonds is 4. The van der Waals surface area contributed by atoms with E-state index in [1.54, 1.807) is 24.3 Å². The number of amides is 1. The molecule has 1 fully saturated rings. The number of carbonyl (C=O) groups is 1. The van der Waals surface area contributed by atoms with Crippen molar-refractivity contribution in [3.05, 3.63) is 35.4 Å². The van der Waals surface area contributed by atoms with Crippen LogP contribution in [0.15, 0.2) is 24.3 Å². The third kappa shape index (κ3) is 4.45. The molecule has 7 heteroatoms. The number of piperazine rings is 1.